The Balaban J connectivity index is 1.74. The van der Waals surface area contributed by atoms with Crippen molar-refractivity contribution in [3.05, 3.63) is 27.4 Å². The molecule has 0 aromatic carbocycles. The van der Waals surface area contributed by atoms with E-state index in [9.17, 15) is 4.79 Å². The van der Waals surface area contributed by atoms with Crippen LogP contribution in [0.5, 0.6) is 0 Å². The molecule has 84 valence electrons. The molecule has 4 atom stereocenters. The molecule has 4 rings (SSSR count). The van der Waals surface area contributed by atoms with Crippen molar-refractivity contribution in [1.29, 1.82) is 0 Å². The van der Waals surface area contributed by atoms with Gasteiger partial charge in [0.2, 0.25) is 0 Å². The standard InChI is InChI=1S/C12H14N2OS/c15-8-3-4-14(12(16)13-8)11-9-6-1-2-7(5-6)10(9)11/h3-4,6-7,9-11H,1-2,5H2,(H,13,15,16). The summed E-state index contributed by atoms with van der Waals surface area (Å²) in [5, 5.41) is 0. The van der Waals surface area contributed by atoms with E-state index in [1.54, 1.807) is 6.07 Å². The molecule has 1 heterocycles. The maximum absolute atomic E-state index is 11.1. The van der Waals surface area contributed by atoms with Crippen LogP contribution in [0.4, 0.5) is 0 Å². The van der Waals surface area contributed by atoms with Crippen LogP contribution in [0.1, 0.15) is 25.3 Å². The van der Waals surface area contributed by atoms with Crippen LogP contribution < -0.4 is 5.56 Å². The second kappa shape index (κ2) is 2.86. The minimum atomic E-state index is -0.0879. The molecule has 3 fully saturated rings. The molecule has 0 radical (unpaired) electrons. The number of hydrogen-bond donors (Lipinski definition) is 1. The molecular formula is C12H14N2OS. The number of rotatable bonds is 1. The summed E-state index contributed by atoms with van der Waals surface area (Å²) in [6.45, 7) is 0. The highest BCUT2D eigenvalue weighted by Crippen LogP contribution is 2.71. The third-order valence-corrected chi connectivity index (χ3v) is 5.18. The highest BCUT2D eigenvalue weighted by molar-refractivity contribution is 7.71. The van der Waals surface area contributed by atoms with E-state index in [2.05, 4.69) is 9.55 Å². The van der Waals surface area contributed by atoms with E-state index in [4.69, 9.17) is 12.2 Å². The summed E-state index contributed by atoms with van der Waals surface area (Å²) in [5.74, 6) is 3.59. The molecule has 3 saturated carbocycles. The summed E-state index contributed by atoms with van der Waals surface area (Å²) in [5.41, 5.74) is -0.0879. The number of nitrogens with one attached hydrogen (secondary N) is 1. The average molecular weight is 234 g/mol. The number of aromatic amines is 1. The zero-order valence-electron chi connectivity index (χ0n) is 8.93. The van der Waals surface area contributed by atoms with E-state index in [0.29, 0.717) is 10.8 Å². The summed E-state index contributed by atoms with van der Waals surface area (Å²) in [6, 6.07) is 2.18. The Morgan fingerprint density at radius 3 is 2.62 bits per heavy atom. The normalized spacial score (nSPS) is 43.4. The predicted molar refractivity (Wildman–Crippen MR) is 62.7 cm³/mol. The monoisotopic (exact) mass is 234 g/mol. The van der Waals surface area contributed by atoms with Crippen molar-refractivity contribution in [2.45, 2.75) is 25.3 Å². The molecular weight excluding hydrogens is 220 g/mol. The average Bonchev–Trinajstić information content (AvgIpc) is 2.67. The minimum absolute atomic E-state index is 0.0879. The van der Waals surface area contributed by atoms with Crippen LogP contribution in [0.15, 0.2) is 17.1 Å². The van der Waals surface area contributed by atoms with Crippen LogP contribution in [-0.4, -0.2) is 9.55 Å². The van der Waals surface area contributed by atoms with Crippen molar-refractivity contribution in [3.63, 3.8) is 0 Å². The molecule has 0 saturated heterocycles. The number of hydrogen-bond acceptors (Lipinski definition) is 2. The Kier molecular flexibility index (Phi) is 1.64. The molecule has 0 amide bonds. The van der Waals surface area contributed by atoms with Gasteiger partial charge in [-0.3, -0.25) is 9.78 Å². The van der Waals surface area contributed by atoms with Gasteiger partial charge in [-0.2, -0.15) is 0 Å². The van der Waals surface area contributed by atoms with Gasteiger partial charge in [0.05, 0.1) is 0 Å². The fourth-order valence-electron chi connectivity index (χ4n) is 4.31. The lowest BCUT2D eigenvalue weighted by Gasteiger charge is -2.11. The van der Waals surface area contributed by atoms with Crippen molar-refractivity contribution >= 4 is 12.2 Å². The molecule has 1 aromatic rings. The predicted octanol–water partition coefficient (Wildman–Crippen LogP) is 2.12. The van der Waals surface area contributed by atoms with Crippen molar-refractivity contribution in [3.8, 4) is 0 Å². The van der Waals surface area contributed by atoms with Crippen LogP contribution in [0.2, 0.25) is 0 Å². The summed E-state index contributed by atoms with van der Waals surface area (Å²) >= 11 is 5.24. The molecule has 4 heteroatoms. The summed E-state index contributed by atoms with van der Waals surface area (Å²) in [6.07, 6.45) is 6.16. The van der Waals surface area contributed by atoms with Gasteiger partial charge in [-0.1, -0.05) is 0 Å². The quantitative estimate of drug-likeness (QED) is 0.756. The molecule has 4 unspecified atom stereocenters. The van der Waals surface area contributed by atoms with E-state index in [0.717, 1.165) is 23.7 Å². The van der Waals surface area contributed by atoms with Gasteiger partial charge in [0, 0.05) is 18.3 Å². The molecule has 1 aromatic heterocycles. The Bertz CT molecular complexity index is 545. The number of fused-ring (bicyclic) bond motifs is 5. The maximum atomic E-state index is 11.1. The van der Waals surface area contributed by atoms with Gasteiger partial charge in [0.1, 0.15) is 0 Å². The van der Waals surface area contributed by atoms with E-state index < -0.39 is 0 Å². The first-order chi connectivity index (χ1) is 7.75. The molecule has 3 aliphatic carbocycles. The Morgan fingerprint density at radius 2 is 2.00 bits per heavy atom. The van der Waals surface area contributed by atoms with Crippen LogP contribution in [0.3, 0.4) is 0 Å². The summed E-state index contributed by atoms with van der Waals surface area (Å²) in [4.78, 5) is 13.9. The molecule has 3 aliphatic rings. The molecule has 3 nitrogen and oxygen atoms in total. The molecule has 1 N–H and O–H groups in total. The third-order valence-electron chi connectivity index (χ3n) is 4.87. The zero-order valence-corrected chi connectivity index (χ0v) is 9.74. The highest BCUT2D eigenvalue weighted by atomic mass is 32.1. The molecule has 2 bridgehead atoms. The maximum Gasteiger partial charge on any atom is 0.251 e. The fourth-order valence-corrected chi connectivity index (χ4v) is 4.60. The van der Waals surface area contributed by atoms with Crippen molar-refractivity contribution in [1.82, 2.24) is 9.55 Å². The lowest BCUT2D eigenvalue weighted by atomic mass is 10.0. The largest absolute Gasteiger partial charge is 0.321 e. The lowest BCUT2D eigenvalue weighted by molar-refractivity contribution is 0.447. The van der Waals surface area contributed by atoms with Gasteiger partial charge in [-0.05, 0) is 55.2 Å². The van der Waals surface area contributed by atoms with Crippen LogP contribution in [-0.2, 0) is 0 Å². The van der Waals surface area contributed by atoms with Crippen LogP contribution in [0.25, 0.3) is 0 Å². The smallest absolute Gasteiger partial charge is 0.251 e. The first-order valence-corrected chi connectivity index (χ1v) is 6.48. The highest BCUT2D eigenvalue weighted by Gasteiger charge is 2.65. The number of nitrogens with zero attached hydrogens (tertiary/aromatic N) is 1. The van der Waals surface area contributed by atoms with Crippen molar-refractivity contribution < 1.29 is 0 Å². The van der Waals surface area contributed by atoms with Gasteiger partial charge in [-0.25, -0.2) is 0 Å². The van der Waals surface area contributed by atoms with Crippen molar-refractivity contribution in [2.24, 2.45) is 23.7 Å². The van der Waals surface area contributed by atoms with Gasteiger partial charge >= 0.3 is 0 Å². The summed E-state index contributed by atoms with van der Waals surface area (Å²) in [7, 11) is 0. The zero-order chi connectivity index (χ0) is 10.9. The van der Waals surface area contributed by atoms with E-state index in [-0.39, 0.29) is 5.56 Å². The second-order valence-electron chi connectivity index (χ2n) is 5.50. The second-order valence-corrected chi connectivity index (χ2v) is 5.88. The number of H-pyrrole nitrogens is 1. The lowest BCUT2D eigenvalue weighted by Crippen LogP contribution is -2.13. The fraction of sp³-hybridized carbons (Fsp3) is 0.667. The van der Waals surface area contributed by atoms with E-state index in [1.807, 2.05) is 6.20 Å². The van der Waals surface area contributed by atoms with Crippen LogP contribution in [0, 0.1) is 28.4 Å². The molecule has 0 aliphatic heterocycles. The first-order valence-electron chi connectivity index (χ1n) is 6.07. The SMILES string of the molecule is O=c1ccn(C2C3C4CCC(C4)C32)c(=S)[nH]1. The first kappa shape index (κ1) is 9.16. The Hall–Kier alpha value is -0.900. The van der Waals surface area contributed by atoms with Gasteiger partial charge in [0.15, 0.2) is 4.77 Å². The van der Waals surface area contributed by atoms with Crippen LogP contribution >= 0.6 is 12.2 Å². The van der Waals surface area contributed by atoms with Gasteiger partial charge in [-0.15, -0.1) is 0 Å². The van der Waals surface area contributed by atoms with Gasteiger partial charge < -0.3 is 4.57 Å². The topological polar surface area (TPSA) is 37.8 Å². The van der Waals surface area contributed by atoms with Crippen molar-refractivity contribution in [2.75, 3.05) is 0 Å². The van der Waals surface area contributed by atoms with Gasteiger partial charge in [0.25, 0.3) is 5.56 Å². The van der Waals surface area contributed by atoms with E-state index in [1.165, 1.54) is 19.3 Å². The Morgan fingerprint density at radius 1 is 1.31 bits per heavy atom. The molecule has 16 heavy (non-hydrogen) atoms. The third kappa shape index (κ3) is 1.03. The molecule has 0 spiro atoms. The summed E-state index contributed by atoms with van der Waals surface area (Å²) < 4.78 is 2.72. The number of aromatic nitrogens is 2. The Labute approximate surface area is 98.5 Å². The van der Waals surface area contributed by atoms with E-state index >= 15 is 0 Å². The minimum Gasteiger partial charge on any atom is -0.321 e.